The average molecular weight is 467 g/mol. The van der Waals surface area contributed by atoms with Gasteiger partial charge in [-0.05, 0) is 89.3 Å². The van der Waals surface area contributed by atoms with Gasteiger partial charge >= 0.3 is 0 Å². The number of rotatable bonds is 10. The first-order valence-corrected chi connectivity index (χ1v) is 11.7. The summed E-state index contributed by atoms with van der Waals surface area (Å²) in [5.41, 5.74) is 2.16. The van der Waals surface area contributed by atoms with Gasteiger partial charge in [-0.25, -0.2) is 0 Å². The summed E-state index contributed by atoms with van der Waals surface area (Å²) in [5.74, 6) is -0.0303. The van der Waals surface area contributed by atoms with Crippen molar-refractivity contribution in [2.75, 3.05) is 40.4 Å². The maximum absolute atomic E-state index is 13.2. The van der Waals surface area contributed by atoms with Gasteiger partial charge in [-0.2, -0.15) is 0 Å². The highest BCUT2D eigenvalue weighted by atomic mass is 16.5. The van der Waals surface area contributed by atoms with Gasteiger partial charge in [0.05, 0.1) is 24.8 Å². The fourth-order valence-electron chi connectivity index (χ4n) is 4.20. The number of carbonyl (C=O) groups is 2. The lowest BCUT2D eigenvalue weighted by molar-refractivity contribution is -0.139. The van der Waals surface area contributed by atoms with Crippen LogP contribution in [0.2, 0.25) is 0 Å². The summed E-state index contributed by atoms with van der Waals surface area (Å²) >= 11 is 0. The lowest BCUT2D eigenvalue weighted by Gasteiger charge is -2.26. The van der Waals surface area contributed by atoms with E-state index in [4.69, 9.17) is 9.47 Å². The van der Waals surface area contributed by atoms with Gasteiger partial charge in [0.15, 0.2) is 0 Å². The number of likely N-dealkylation sites (tertiary alicyclic amines) is 1. The maximum atomic E-state index is 13.2. The van der Waals surface area contributed by atoms with Gasteiger partial charge < -0.3 is 24.4 Å². The Kier molecular flexibility index (Phi) is 8.34. The second-order valence-corrected chi connectivity index (χ2v) is 8.56. The molecule has 1 N–H and O–H groups in total. The molecule has 1 atom stereocenters. The molecule has 2 aromatic rings. The number of Topliss-reactive ketones (excluding diaryl/α,β-unsaturated/α-hetero) is 1. The van der Waals surface area contributed by atoms with Crippen LogP contribution < -0.4 is 9.47 Å². The maximum Gasteiger partial charge on any atom is 0.295 e. The van der Waals surface area contributed by atoms with Gasteiger partial charge in [0, 0.05) is 12.1 Å². The normalized spacial score (nSPS) is 17.5. The quantitative estimate of drug-likeness (QED) is 0.322. The molecule has 1 fully saturated rings. The third kappa shape index (κ3) is 5.42. The molecule has 0 spiro atoms. The lowest BCUT2D eigenvalue weighted by Crippen LogP contribution is -2.32. The number of aliphatic hydroxyl groups is 1. The highest BCUT2D eigenvalue weighted by Gasteiger charge is 2.45. The fraction of sp³-hybridized carbons (Fsp3) is 0.407. The number of aryl methyl sites for hydroxylation is 1. The summed E-state index contributed by atoms with van der Waals surface area (Å²) in [4.78, 5) is 29.8. The van der Waals surface area contributed by atoms with Crippen molar-refractivity contribution < 1.29 is 24.2 Å². The van der Waals surface area contributed by atoms with E-state index >= 15 is 0 Å². The van der Waals surface area contributed by atoms with Crippen LogP contribution in [0.4, 0.5) is 0 Å². The zero-order chi connectivity index (χ0) is 24.8. The number of amides is 1. The van der Waals surface area contributed by atoms with Crippen molar-refractivity contribution in [3.63, 3.8) is 0 Å². The number of hydrogen-bond donors (Lipinski definition) is 1. The van der Waals surface area contributed by atoms with Crippen LogP contribution in [-0.4, -0.2) is 67.0 Å². The fourth-order valence-corrected chi connectivity index (χ4v) is 4.20. The first-order chi connectivity index (χ1) is 16.3. The van der Waals surface area contributed by atoms with Crippen molar-refractivity contribution in [1.29, 1.82) is 0 Å². The number of aliphatic hydroxyl groups excluding tert-OH is 1. The molecule has 1 unspecified atom stereocenters. The van der Waals surface area contributed by atoms with E-state index in [-0.39, 0.29) is 11.3 Å². The molecule has 3 rings (SSSR count). The summed E-state index contributed by atoms with van der Waals surface area (Å²) in [6.07, 6.45) is 0.704. The van der Waals surface area contributed by atoms with E-state index in [1.165, 1.54) is 0 Å². The van der Waals surface area contributed by atoms with Gasteiger partial charge in [-0.3, -0.25) is 9.59 Å². The van der Waals surface area contributed by atoms with Gasteiger partial charge in [0.1, 0.15) is 17.3 Å². The first kappa shape index (κ1) is 25.3. The zero-order valence-electron chi connectivity index (χ0n) is 20.6. The standard InChI is InChI=1S/C27H34N2O5/c1-6-33-21-12-9-19(10-13-21)24-23(26(31)27(32)29(24)16-8-15-28(4)5)25(30)20-11-14-22(34-7-2)18(3)17-20/h9-14,17,24,30H,6-8,15-16H2,1-5H3/b25-23-. The Balaban J connectivity index is 2.07. The van der Waals surface area contributed by atoms with Crippen LogP contribution in [0, 0.1) is 6.92 Å². The minimum Gasteiger partial charge on any atom is -0.507 e. The van der Waals surface area contributed by atoms with Crippen molar-refractivity contribution in [3.8, 4) is 11.5 Å². The minimum absolute atomic E-state index is 0.0996. The second kappa shape index (κ2) is 11.2. The van der Waals surface area contributed by atoms with Crippen molar-refractivity contribution in [1.82, 2.24) is 9.80 Å². The number of ketones is 1. The van der Waals surface area contributed by atoms with Crippen LogP contribution >= 0.6 is 0 Å². The smallest absolute Gasteiger partial charge is 0.295 e. The van der Waals surface area contributed by atoms with Crippen LogP contribution in [0.5, 0.6) is 11.5 Å². The SMILES string of the molecule is CCOc1ccc(C2/C(=C(/O)c3ccc(OCC)c(C)c3)C(=O)C(=O)N2CCCN(C)C)cc1. The topological polar surface area (TPSA) is 79.3 Å². The first-order valence-electron chi connectivity index (χ1n) is 11.7. The summed E-state index contributed by atoms with van der Waals surface area (Å²) in [5, 5.41) is 11.3. The summed E-state index contributed by atoms with van der Waals surface area (Å²) in [6, 6.07) is 11.9. The van der Waals surface area contributed by atoms with Crippen molar-refractivity contribution >= 4 is 17.4 Å². The predicted molar refractivity (Wildman–Crippen MR) is 132 cm³/mol. The Hall–Kier alpha value is -3.32. The summed E-state index contributed by atoms with van der Waals surface area (Å²) in [7, 11) is 3.93. The Bertz CT molecular complexity index is 1060. The van der Waals surface area contributed by atoms with E-state index in [9.17, 15) is 14.7 Å². The molecule has 7 heteroatoms. The molecule has 0 aliphatic carbocycles. The van der Waals surface area contributed by atoms with E-state index in [0.29, 0.717) is 43.2 Å². The Labute approximate surface area is 201 Å². The molecule has 0 bridgehead atoms. The largest absolute Gasteiger partial charge is 0.507 e. The highest BCUT2D eigenvalue weighted by Crippen LogP contribution is 2.40. The van der Waals surface area contributed by atoms with Gasteiger partial charge in [0.2, 0.25) is 0 Å². The van der Waals surface area contributed by atoms with Crippen molar-refractivity contribution in [2.45, 2.75) is 33.2 Å². The molecule has 0 saturated carbocycles. The molecule has 1 aliphatic rings. The van der Waals surface area contributed by atoms with Crippen molar-refractivity contribution in [2.24, 2.45) is 0 Å². The van der Waals surface area contributed by atoms with Crippen LogP contribution in [0.1, 0.15) is 43.0 Å². The molecule has 7 nitrogen and oxygen atoms in total. The number of benzene rings is 2. The van der Waals surface area contributed by atoms with E-state index in [2.05, 4.69) is 0 Å². The van der Waals surface area contributed by atoms with Gasteiger partial charge in [-0.1, -0.05) is 12.1 Å². The molecule has 1 heterocycles. The Morgan fingerprint density at radius 1 is 1.03 bits per heavy atom. The van der Waals surface area contributed by atoms with Crippen LogP contribution in [-0.2, 0) is 9.59 Å². The Morgan fingerprint density at radius 3 is 2.29 bits per heavy atom. The van der Waals surface area contributed by atoms with E-state index in [0.717, 1.165) is 17.7 Å². The van der Waals surface area contributed by atoms with E-state index in [1.807, 2.05) is 64.0 Å². The van der Waals surface area contributed by atoms with Crippen LogP contribution in [0.3, 0.4) is 0 Å². The monoisotopic (exact) mass is 466 g/mol. The third-order valence-corrected chi connectivity index (χ3v) is 5.80. The average Bonchev–Trinajstić information content (AvgIpc) is 3.05. The van der Waals surface area contributed by atoms with Crippen LogP contribution in [0.15, 0.2) is 48.0 Å². The van der Waals surface area contributed by atoms with E-state index in [1.54, 1.807) is 23.1 Å². The molecule has 1 saturated heterocycles. The Morgan fingerprint density at radius 2 is 1.71 bits per heavy atom. The molecule has 182 valence electrons. The molecule has 0 aromatic heterocycles. The summed E-state index contributed by atoms with van der Waals surface area (Å²) < 4.78 is 11.1. The molecule has 1 aliphatic heterocycles. The van der Waals surface area contributed by atoms with Crippen LogP contribution in [0.25, 0.3) is 5.76 Å². The second-order valence-electron chi connectivity index (χ2n) is 8.56. The molecule has 0 radical (unpaired) electrons. The van der Waals surface area contributed by atoms with Gasteiger partial charge in [0.25, 0.3) is 11.7 Å². The zero-order valence-corrected chi connectivity index (χ0v) is 20.6. The number of hydrogen-bond acceptors (Lipinski definition) is 6. The molecule has 2 aromatic carbocycles. The predicted octanol–water partition coefficient (Wildman–Crippen LogP) is 4.17. The van der Waals surface area contributed by atoms with Gasteiger partial charge in [-0.15, -0.1) is 0 Å². The highest BCUT2D eigenvalue weighted by molar-refractivity contribution is 6.46. The third-order valence-electron chi connectivity index (χ3n) is 5.80. The molecule has 34 heavy (non-hydrogen) atoms. The summed E-state index contributed by atoms with van der Waals surface area (Å²) in [6.45, 7) is 7.94. The number of carbonyl (C=O) groups excluding carboxylic acids is 2. The molecule has 1 amide bonds. The molecular weight excluding hydrogens is 432 g/mol. The number of nitrogens with zero attached hydrogens (tertiary/aromatic N) is 2. The lowest BCUT2D eigenvalue weighted by atomic mass is 9.94. The van der Waals surface area contributed by atoms with Crippen molar-refractivity contribution in [3.05, 3.63) is 64.7 Å². The number of ether oxygens (including phenoxy) is 2. The minimum atomic E-state index is -0.676. The molecular formula is C27H34N2O5. The van der Waals surface area contributed by atoms with E-state index < -0.39 is 17.7 Å².